The molecule has 0 radical (unpaired) electrons. The highest BCUT2D eigenvalue weighted by Gasteiger charge is 2.57. The largest absolute Gasteiger partial charge is 0.479 e. The van der Waals surface area contributed by atoms with Crippen molar-refractivity contribution in [3.63, 3.8) is 0 Å². The van der Waals surface area contributed by atoms with E-state index in [4.69, 9.17) is 23.8 Å². The molecule has 0 aliphatic carbocycles. The van der Waals surface area contributed by atoms with Crippen molar-refractivity contribution in [2.45, 2.75) is 58.0 Å². The first-order valence-corrected chi connectivity index (χ1v) is 9.30. The van der Waals surface area contributed by atoms with E-state index in [1.54, 1.807) is 20.8 Å². The second kappa shape index (κ2) is 8.01. The Balaban J connectivity index is 2.79. The zero-order chi connectivity index (χ0) is 20.3. The molecule has 1 saturated heterocycles. The molecule has 0 spiro atoms. The van der Waals surface area contributed by atoms with Crippen molar-refractivity contribution in [1.82, 2.24) is 0 Å². The Bertz CT molecular complexity index is 611. The van der Waals surface area contributed by atoms with Crippen molar-refractivity contribution in [3.8, 4) is 0 Å². The van der Waals surface area contributed by atoms with Crippen LogP contribution < -0.4 is 0 Å². The number of carboxylic acid groups (broad SMARTS) is 1. The maximum absolute atomic E-state index is 12.0. The molecule has 1 aliphatic heterocycles. The third-order valence-electron chi connectivity index (χ3n) is 2.86. The van der Waals surface area contributed by atoms with Gasteiger partial charge in [-0.2, -0.15) is 0 Å². The van der Waals surface area contributed by atoms with E-state index in [1.165, 1.54) is 6.92 Å². The lowest BCUT2D eigenvalue weighted by molar-refractivity contribution is -0.205. The summed E-state index contributed by atoms with van der Waals surface area (Å²) in [6.07, 6.45) is -1.92. The van der Waals surface area contributed by atoms with Crippen LogP contribution in [0, 0.1) is 0 Å². The SMILES string of the molecule is CCOC(=O)C1OC(C)(COC(=O)C(OC(C)(C)C)C(=O)O)OP1(=O)O. The lowest BCUT2D eigenvalue weighted by Gasteiger charge is -2.25. The molecular weight excluding hydrogens is 375 g/mol. The lowest BCUT2D eigenvalue weighted by atomic mass is 10.2. The first-order valence-electron chi connectivity index (χ1n) is 7.66. The van der Waals surface area contributed by atoms with E-state index in [0.29, 0.717) is 0 Å². The van der Waals surface area contributed by atoms with Crippen LogP contribution in [0.25, 0.3) is 0 Å². The summed E-state index contributed by atoms with van der Waals surface area (Å²) in [7, 11) is -4.53. The molecule has 2 N–H and O–H groups in total. The van der Waals surface area contributed by atoms with Crippen LogP contribution in [0.3, 0.4) is 0 Å². The van der Waals surface area contributed by atoms with Crippen LogP contribution >= 0.6 is 7.60 Å². The predicted molar refractivity (Wildman–Crippen MR) is 84.0 cm³/mol. The summed E-state index contributed by atoms with van der Waals surface area (Å²) in [6, 6.07) is 0. The standard InChI is InChI=1S/C14H23O11P/c1-6-21-11(18)12-24-14(5,25-26(12,19)20)7-22-10(17)8(9(15)16)23-13(2,3)4/h8,12H,6-7H2,1-5H3,(H,15,16)(H,19,20). The van der Waals surface area contributed by atoms with Crippen LogP contribution in [0.1, 0.15) is 34.6 Å². The van der Waals surface area contributed by atoms with Crippen molar-refractivity contribution in [2.24, 2.45) is 0 Å². The van der Waals surface area contributed by atoms with Crippen LogP contribution in [0.2, 0.25) is 0 Å². The number of esters is 2. The number of ether oxygens (including phenoxy) is 4. The molecule has 0 amide bonds. The van der Waals surface area contributed by atoms with Crippen LogP contribution in [0.4, 0.5) is 0 Å². The summed E-state index contributed by atoms with van der Waals surface area (Å²) in [5.74, 6) is -7.77. The van der Waals surface area contributed by atoms with Crippen LogP contribution in [0.15, 0.2) is 0 Å². The Morgan fingerprint density at radius 1 is 1.27 bits per heavy atom. The summed E-state index contributed by atoms with van der Waals surface area (Å²) >= 11 is 0. The molecule has 11 nitrogen and oxygen atoms in total. The van der Waals surface area contributed by atoms with Crippen LogP contribution in [0.5, 0.6) is 0 Å². The zero-order valence-electron chi connectivity index (χ0n) is 15.1. The molecule has 12 heteroatoms. The molecule has 1 rings (SSSR count). The highest BCUT2D eigenvalue weighted by molar-refractivity contribution is 7.54. The summed E-state index contributed by atoms with van der Waals surface area (Å²) in [5.41, 5.74) is -0.942. The molecule has 1 heterocycles. The molecule has 4 atom stereocenters. The van der Waals surface area contributed by atoms with Gasteiger partial charge in [-0.3, -0.25) is 9.09 Å². The fraction of sp³-hybridized carbons (Fsp3) is 0.786. The van der Waals surface area contributed by atoms with Gasteiger partial charge in [-0.1, -0.05) is 0 Å². The van der Waals surface area contributed by atoms with Gasteiger partial charge in [0.25, 0.3) is 11.9 Å². The Kier molecular flexibility index (Phi) is 6.94. The molecule has 0 bridgehead atoms. The lowest BCUT2D eigenvalue weighted by Crippen LogP contribution is -2.43. The van der Waals surface area contributed by atoms with Gasteiger partial charge in [0.2, 0.25) is 5.79 Å². The van der Waals surface area contributed by atoms with Gasteiger partial charge in [0.1, 0.15) is 6.61 Å². The molecule has 0 aromatic carbocycles. The Morgan fingerprint density at radius 2 is 1.85 bits per heavy atom. The molecule has 0 saturated carbocycles. The number of carbonyl (C=O) groups is 3. The molecule has 150 valence electrons. The third-order valence-corrected chi connectivity index (χ3v) is 4.41. The van der Waals surface area contributed by atoms with Crippen molar-refractivity contribution in [3.05, 3.63) is 0 Å². The number of aliphatic carboxylic acids is 1. The van der Waals surface area contributed by atoms with Crippen LogP contribution in [-0.2, 0) is 42.4 Å². The van der Waals surface area contributed by atoms with Crippen molar-refractivity contribution in [1.29, 1.82) is 0 Å². The van der Waals surface area contributed by atoms with Gasteiger partial charge < -0.3 is 28.9 Å². The van der Waals surface area contributed by atoms with E-state index in [2.05, 4.69) is 4.74 Å². The van der Waals surface area contributed by atoms with E-state index >= 15 is 0 Å². The Labute approximate surface area is 150 Å². The number of carboxylic acids is 1. The summed E-state index contributed by atoms with van der Waals surface area (Å²) in [4.78, 5) is 44.6. The maximum Gasteiger partial charge on any atom is 0.370 e. The summed E-state index contributed by atoms with van der Waals surface area (Å²) < 4.78 is 36.5. The normalized spacial score (nSPS) is 29.8. The Hall–Kier alpha value is -1.52. The number of hydrogen-bond acceptors (Lipinski definition) is 9. The topological polar surface area (TPSA) is 155 Å². The third kappa shape index (κ3) is 6.03. The smallest absolute Gasteiger partial charge is 0.370 e. The fourth-order valence-electron chi connectivity index (χ4n) is 1.93. The number of carbonyl (C=O) groups excluding carboxylic acids is 2. The zero-order valence-corrected chi connectivity index (χ0v) is 16.0. The highest BCUT2D eigenvalue weighted by atomic mass is 31.2. The minimum atomic E-state index is -4.53. The van der Waals surface area contributed by atoms with Gasteiger partial charge in [0.15, 0.2) is 0 Å². The van der Waals surface area contributed by atoms with E-state index < -0.39 is 55.4 Å². The average molecular weight is 398 g/mol. The predicted octanol–water partition coefficient (Wildman–Crippen LogP) is 0.635. The van der Waals surface area contributed by atoms with Crippen molar-refractivity contribution < 1.29 is 52.4 Å². The van der Waals surface area contributed by atoms with E-state index in [-0.39, 0.29) is 6.61 Å². The molecule has 26 heavy (non-hydrogen) atoms. The van der Waals surface area contributed by atoms with Gasteiger partial charge in [0, 0.05) is 0 Å². The number of rotatable bonds is 7. The van der Waals surface area contributed by atoms with Crippen LogP contribution in [-0.4, -0.2) is 64.5 Å². The summed E-state index contributed by atoms with van der Waals surface area (Å²) in [5, 5.41) is 9.09. The second-order valence-corrected chi connectivity index (χ2v) is 8.35. The van der Waals surface area contributed by atoms with Crippen molar-refractivity contribution in [2.75, 3.05) is 13.2 Å². The summed E-state index contributed by atoms with van der Waals surface area (Å²) in [6.45, 7) is 6.51. The second-order valence-electron chi connectivity index (χ2n) is 6.57. The molecule has 0 aromatic heterocycles. The quantitative estimate of drug-likeness (QED) is 0.352. The minimum absolute atomic E-state index is 0.0468. The molecule has 4 unspecified atom stereocenters. The molecular formula is C14H23O11P. The first kappa shape index (κ1) is 22.5. The van der Waals surface area contributed by atoms with E-state index in [0.717, 1.165) is 6.92 Å². The van der Waals surface area contributed by atoms with Gasteiger partial charge in [-0.05, 0) is 34.6 Å². The molecule has 0 aromatic rings. The Morgan fingerprint density at radius 3 is 2.31 bits per heavy atom. The minimum Gasteiger partial charge on any atom is -0.479 e. The van der Waals surface area contributed by atoms with Gasteiger partial charge in [0.05, 0.1) is 12.2 Å². The van der Waals surface area contributed by atoms with Gasteiger partial charge in [-0.15, -0.1) is 0 Å². The fourth-order valence-corrected chi connectivity index (χ4v) is 3.38. The molecule has 1 aliphatic rings. The number of hydrogen-bond donors (Lipinski definition) is 2. The van der Waals surface area contributed by atoms with E-state index in [9.17, 15) is 23.8 Å². The maximum atomic E-state index is 12.0. The average Bonchev–Trinajstić information content (AvgIpc) is 2.71. The first-order chi connectivity index (χ1) is 11.7. The van der Waals surface area contributed by atoms with Crippen molar-refractivity contribution >= 4 is 25.5 Å². The van der Waals surface area contributed by atoms with Gasteiger partial charge >= 0.3 is 25.5 Å². The van der Waals surface area contributed by atoms with Gasteiger partial charge in [-0.25, -0.2) is 14.4 Å². The molecule has 1 fully saturated rings. The highest BCUT2D eigenvalue weighted by Crippen LogP contribution is 2.58. The monoisotopic (exact) mass is 398 g/mol. The van der Waals surface area contributed by atoms with E-state index in [1.807, 2.05) is 0 Å².